The number of nitrogens with zero attached hydrogens (tertiary/aromatic N) is 1. The highest BCUT2D eigenvalue weighted by Gasteiger charge is 2.21. The molecule has 0 atom stereocenters. The van der Waals surface area contributed by atoms with Gasteiger partial charge in [0, 0.05) is 24.9 Å². The van der Waals surface area contributed by atoms with Gasteiger partial charge in [0.05, 0.1) is 9.79 Å². The van der Waals surface area contributed by atoms with E-state index in [2.05, 4.69) is 10.0 Å². The number of nitrogens with one attached hydrogen (secondary N) is 2. The maximum absolute atomic E-state index is 12.6. The van der Waals surface area contributed by atoms with Crippen molar-refractivity contribution in [1.29, 1.82) is 0 Å². The standard InChI is InChI=1S/C20H25N3O5S2/c1-4-23(5-2)30(27,28)19-8-6-7-17(15-19)22-20(24)14-11-16-9-12-18(13-10-16)29(25,26)21-3/h6-15,21H,4-5H2,1-3H3,(H,22,24). The minimum absolute atomic E-state index is 0.106. The van der Waals surface area contributed by atoms with Crippen LogP contribution >= 0.6 is 0 Å². The van der Waals surface area contributed by atoms with Crippen molar-refractivity contribution in [2.24, 2.45) is 0 Å². The summed E-state index contributed by atoms with van der Waals surface area (Å²) in [7, 11) is -5.81. The van der Waals surface area contributed by atoms with E-state index in [4.69, 9.17) is 0 Å². The Morgan fingerprint density at radius 1 is 0.967 bits per heavy atom. The maximum atomic E-state index is 12.6. The highest BCUT2D eigenvalue weighted by atomic mass is 32.2. The Morgan fingerprint density at radius 3 is 2.17 bits per heavy atom. The van der Waals surface area contributed by atoms with Crippen molar-refractivity contribution in [3.05, 3.63) is 60.2 Å². The Bertz CT molecular complexity index is 1120. The van der Waals surface area contributed by atoms with Gasteiger partial charge in [-0.15, -0.1) is 0 Å². The first-order valence-electron chi connectivity index (χ1n) is 9.27. The largest absolute Gasteiger partial charge is 0.322 e. The Balaban J connectivity index is 2.12. The van der Waals surface area contributed by atoms with Gasteiger partial charge >= 0.3 is 0 Å². The molecule has 0 aliphatic heterocycles. The van der Waals surface area contributed by atoms with Crippen LogP contribution in [0.4, 0.5) is 5.69 Å². The third-order valence-corrected chi connectivity index (χ3v) is 7.81. The van der Waals surface area contributed by atoms with Crippen molar-refractivity contribution in [3.63, 3.8) is 0 Å². The van der Waals surface area contributed by atoms with Crippen LogP contribution in [-0.2, 0) is 24.8 Å². The number of amides is 1. The topological polar surface area (TPSA) is 113 Å². The van der Waals surface area contributed by atoms with Crippen molar-refractivity contribution >= 4 is 37.7 Å². The molecule has 2 N–H and O–H groups in total. The number of hydrogen-bond donors (Lipinski definition) is 2. The molecule has 162 valence electrons. The molecule has 10 heteroatoms. The SMILES string of the molecule is CCN(CC)S(=O)(=O)c1cccc(NC(=O)C=Cc2ccc(S(=O)(=O)NC)cc2)c1. The molecule has 0 aromatic heterocycles. The van der Waals surface area contributed by atoms with Crippen molar-refractivity contribution in [2.45, 2.75) is 23.6 Å². The molecule has 0 fully saturated rings. The zero-order valence-corrected chi connectivity index (χ0v) is 18.6. The van der Waals surface area contributed by atoms with Gasteiger partial charge in [-0.1, -0.05) is 32.0 Å². The smallest absolute Gasteiger partial charge is 0.248 e. The van der Waals surface area contributed by atoms with Crippen LogP contribution in [0.3, 0.4) is 0 Å². The summed E-state index contributed by atoms with van der Waals surface area (Å²) in [6, 6.07) is 12.1. The molecule has 0 heterocycles. The molecule has 0 unspecified atom stereocenters. The highest BCUT2D eigenvalue weighted by Crippen LogP contribution is 2.19. The van der Waals surface area contributed by atoms with Gasteiger partial charge in [0.15, 0.2) is 0 Å². The lowest BCUT2D eigenvalue weighted by Crippen LogP contribution is -2.30. The van der Waals surface area contributed by atoms with E-state index in [1.807, 2.05) is 0 Å². The van der Waals surface area contributed by atoms with Gasteiger partial charge < -0.3 is 5.32 Å². The Morgan fingerprint density at radius 2 is 1.60 bits per heavy atom. The van der Waals surface area contributed by atoms with E-state index in [9.17, 15) is 21.6 Å². The van der Waals surface area contributed by atoms with Gasteiger partial charge in [-0.2, -0.15) is 4.31 Å². The van der Waals surface area contributed by atoms with Crippen LogP contribution in [0.15, 0.2) is 64.4 Å². The summed E-state index contributed by atoms with van der Waals surface area (Å²) in [6.07, 6.45) is 2.81. The zero-order chi connectivity index (χ0) is 22.4. The average Bonchev–Trinajstić information content (AvgIpc) is 2.73. The minimum atomic E-state index is -3.62. The van der Waals surface area contributed by atoms with Crippen LogP contribution < -0.4 is 10.0 Å². The van der Waals surface area contributed by atoms with Crippen LogP contribution in [0.25, 0.3) is 6.08 Å². The number of carbonyl (C=O) groups is 1. The number of rotatable bonds is 9. The molecule has 30 heavy (non-hydrogen) atoms. The fourth-order valence-electron chi connectivity index (χ4n) is 2.68. The fourth-order valence-corrected chi connectivity index (χ4v) is 4.91. The van der Waals surface area contributed by atoms with Crippen molar-refractivity contribution in [2.75, 3.05) is 25.5 Å². The molecular weight excluding hydrogens is 426 g/mol. The lowest BCUT2D eigenvalue weighted by atomic mass is 10.2. The van der Waals surface area contributed by atoms with Crippen LogP contribution in [0.2, 0.25) is 0 Å². The predicted molar refractivity (Wildman–Crippen MR) is 117 cm³/mol. The number of sulfonamides is 2. The first kappa shape index (κ1) is 23.7. The van der Waals surface area contributed by atoms with Gasteiger partial charge in [0.25, 0.3) is 0 Å². The molecule has 0 aliphatic carbocycles. The molecule has 2 rings (SSSR count). The number of benzene rings is 2. The van der Waals surface area contributed by atoms with Gasteiger partial charge in [0.2, 0.25) is 26.0 Å². The second-order valence-corrected chi connectivity index (χ2v) is 10.0. The molecule has 0 aliphatic rings. The van der Waals surface area contributed by atoms with Crippen molar-refractivity contribution in [1.82, 2.24) is 9.03 Å². The van der Waals surface area contributed by atoms with E-state index in [1.165, 1.54) is 47.8 Å². The molecule has 1 amide bonds. The first-order chi connectivity index (χ1) is 14.1. The molecule has 8 nitrogen and oxygen atoms in total. The summed E-state index contributed by atoms with van der Waals surface area (Å²) in [6.45, 7) is 4.23. The van der Waals surface area contributed by atoms with E-state index in [0.29, 0.717) is 24.3 Å². The van der Waals surface area contributed by atoms with E-state index < -0.39 is 26.0 Å². The van der Waals surface area contributed by atoms with E-state index >= 15 is 0 Å². The molecule has 2 aromatic carbocycles. The van der Waals surface area contributed by atoms with Gasteiger partial charge in [0.1, 0.15) is 0 Å². The molecular formula is C20H25N3O5S2. The van der Waals surface area contributed by atoms with Gasteiger partial charge in [-0.05, 0) is 49.0 Å². The summed E-state index contributed by atoms with van der Waals surface area (Å²) in [5.41, 5.74) is 0.992. The monoisotopic (exact) mass is 451 g/mol. The summed E-state index contributed by atoms with van der Waals surface area (Å²) in [5, 5.41) is 2.63. The molecule has 0 radical (unpaired) electrons. The van der Waals surface area contributed by atoms with Gasteiger partial charge in [-0.25, -0.2) is 21.6 Å². The van der Waals surface area contributed by atoms with Crippen LogP contribution in [-0.4, -0.2) is 47.2 Å². The predicted octanol–water partition coefficient (Wildman–Crippen LogP) is 2.28. The third-order valence-electron chi connectivity index (χ3n) is 4.33. The van der Waals surface area contributed by atoms with Gasteiger partial charge in [-0.3, -0.25) is 4.79 Å². The molecule has 0 saturated carbocycles. The van der Waals surface area contributed by atoms with E-state index in [-0.39, 0.29) is 9.79 Å². The second-order valence-electron chi connectivity index (χ2n) is 6.22. The zero-order valence-electron chi connectivity index (χ0n) is 17.0. The summed E-state index contributed by atoms with van der Waals surface area (Å²) in [4.78, 5) is 12.4. The van der Waals surface area contributed by atoms with Crippen LogP contribution in [0, 0.1) is 0 Å². The lowest BCUT2D eigenvalue weighted by Gasteiger charge is -2.18. The van der Waals surface area contributed by atoms with Crippen molar-refractivity contribution < 1.29 is 21.6 Å². The normalized spacial score (nSPS) is 12.4. The Hall–Kier alpha value is -2.53. The first-order valence-corrected chi connectivity index (χ1v) is 12.2. The molecule has 0 bridgehead atoms. The van der Waals surface area contributed by atoms with E-state index in [0.717, 1.165) is 0 Å². The summed E-state index contributed by atoms with van der Waals surface area (Å²) >= 11 is 0. The number of anilines is 1. The third kappa shape index (κ3) is 5.76. The molecule has 0 spiro atoms. The lowest BCUT2D eigenvalue weighted by molar-refractivity contribution is -0.111. The van der Waals surface area contributed by atoms with Crippen LogP contribution in [0.1, 0.15) is 19.4 Å². The molecule has 0 saturated heterocycles. The highest BCUT2D eigenvalue weighted by molar-refractivity contribution is 7.89. The fraction of sp³-hybridized carbons (Fsp3) is 0.250. The second kappa shape index (κ2) is 9.98. The summed E-state index contributed by atoms with van der Waals surface area (Å²) < 4.78 is 52.2. The Kier molecular flexibility index (Phi) is 7.90. The summed E-state index contributed by atoms with van der Waals surface area (Å²) in [5.74, 6) is -0.445. The van der Waals surface area contributed by atoms with Crippen LogP contribution in [0.5, 0.6) is 0 Å². The maximum Gasteiger partial charge on any atom is 0.248 e. The molecule has 2 aromatic rings. The quantitative estimate of drug-likeness (QED) is 0.568. The Labute approximate surface area is 177 Å². The average molecular weight is 452 g/mol. The van der Waals surface area contributed by atoms with E-state index in [1.54, 1.807) is 38.1 Å². The number of hydrogen-bond acceptors (Lipinski definition) is 5. The minimum Gasteiger partial charge on any atom is -0.322 e. The number of carbonyl (C=O) groups excluding carboxylic acids is 1. The van der Waals surface area contributed by atoms with Crippen molar-refractivity contribution in [3.8, 4) is 0 Å².